The third-order valence-electron chi connectivity index (χ3n) is 5.99. The molecule has 0 unspecified atom stereocenters. The molecule has 0 bridgehead atoms. The minimum atomic E-state index is 0.746. The second-order valence-electron chi connectivity index (χ2n) is 7.99. The molecule has 3 aromatic heterocycles. The van der Waals surface area contributed by atoms with Gasteiger partial charge in [-0.25, -0.2) is 4.68 Å². The van der Waals surface area contributed by atoms with E-state index in [0.717, 1.165) is 60.8 Å². The van der Waals surface area contributed by atoms with Crippen LogP contribution in [0, 0.1) is 0 Å². The molecule has 0 saturated carbocycles. The van der Waals surface area contributed by atoms with Crippen LogP contribution in [0.1, 0.15) is 0 Å². The molecule has 5 nitrogen and oxygen atoms in total. The van der Waals surface area contributed by atoms with Crippen LogP contribution < -0.4 is 4.74 Å². The largest absolute Gasteiger partial charge is 0.457 e. The van der Waals surface area contributed by atoms with Gasteiger partial charge in [-0.05, 0) is 47.9 Å². The number of ether oxygens (including phenoxy) is 1. The maximum absolute atomic E-state index is 6.22. The molecule has 0 aliphatic rings. The van der Waals surface area contributed by atoms with Gasteiger partial charge in [0.25, 0.3) is 0 Å². The lowest BCUT2D eigenvalue weighted by Crippen LogP contribution is -1.94. The number of rotatable bonds is 3. The number of aromatic nitrogens is 3. The summed E-state index contributed by atoms with van der Waals surface area (Å²) >= 11 is 0. The van der Waals surface area contributed by atoms with Crippen molar-refractivity contribution in [2.75, 3.05) is 0 Å². The highest BCUT2D eigenvalue weighted by molar-refractivity contribution is 6.18. The van der Waals surface area contributed by atoms with Crippen LogP contribution in [-0.4, -0.2) is 14.8 Å². The molecular formula is C28H17N3O2. The van der Waals surface area contributed by atoms with Crippen molar-refractivity contribution in [3.8, 4) is 17.2 Å². The molecule has 0 radical (unpaired) electrons. The van der Waals surface area contributed by atoms with Crippen LogP contribution in [0.15, 0.2) is 108 Å². The van der Waals surface area contributed by atoms with Crippen molar-refractivity contribution in [1.29, 1.82) is 0 Å². The van der Waals surface area contributed by atoms with E-state index >= 15 is 0 Å². The quantitative estimate of drug-likeness (QED) is 0.278. The molecule has 0 saturated heterocycles. The molecule has 4 aromatic carbocycles. The van der Waals surface area contributed by atoms with Gasteiger partial charge in [0, 0.05) is 46.2 Å². The van der Waals surface area contributed by atoms with Crippen LogP contribution in [0.5, 0.6) is 11.5 Å². The molecule has 33 heavy (non-hydrogen) atoms. The highest BCUT2D eigenvalue weighted by Gasteiger charge is 2.13. The minimum absolute atomic E-state index is 0.746. The monoisotopic (exact) mass is 427 g/mol. The number of pyridine rings is 1. The van der Waals surface area contributed by atoms with Gasteiger partial charge in [-0.3, -0.25) is 4.98 Å². The Labute approximate surface area is 188 Å². The Kier molecular flexibility index (Phi) is 3.78. The summed E-state index contributed by atoms with van der Waals surface area (Å²) in [5.41, 5.74) is 3.57. The van der Waals surface area contributed by atoms with Crippen molar-refractivity contribution in [3.05, 3.63) is 104 Å². The first-order chi connectivity index (χ1) is 16.3. The van der Waals surface area contributed by atoms with Gasteiger partial charge < -0.3 is 9.15 Å². The van der Waals surface area contributed by atoms with Crippen LogP contribution in [-0.2, 0) is 0 Å². The summed E-state index contributed by atoms with van der Waals surface area (Å²) in [6.45, 7) is 0. The predicted octanol–water partition coefficient (Wildman–Crippen LogP) is 7.27. The predicted molar refractivity (Wildman–Crippen MR) is 130 cm³/mol. The van der Waals surface area contributed by atoms with E-state index in [0.29, 0.717) is 0 Å². The van der Waals surface area contributed by atoms with E-state index in [1.165, 1.54) is 0 Å². The van der Waals surface area contributed by atoms with Crippen molar-refractivity contribution in [1.82, 2.24) is 14.8 Å². The molecule has 0 aliphatic heterocycles. The number of para-hydroxylation sites is 1. The molecule has 7 aromatic rings. The van der Waals surface area contributed by atoms with Crippen LogP contribution in [0.4, 0.5) is 0 Å². The molecule has 0 fully saturated rings. The van der Waals surface area contributed by atoms with Crippen molar-refractivity contribution < 1.29 is 9.15 Å². The van der Waals surface area contributed by atoms with Gasteiger partial charge in [-0.1, -0.05) is 36.4 Å². The Bertz CT molecular complexity index is 1800. The molecule has 5 heteroatoms. The average Bonchev–Trinajstić information content (AvgIpc) is 3.52. The lowest BCUT2D eigenvalue weighted by Gasteiger charge is -2.10. The smallest absolute Gasteiger partial charge is 0.146 e. The van der Waals surface area contributed by atoms with Crippen LogP contribution in [0.2, 0.25) is 0 Å². The third kappa shape index (κ3) is 2.87. The number of hydrogen-bond acceptors (Lipinski definition) is 4. The van der Waals surface area contributed by atoms with E-state index in [4.69, 9.17) is 14.1 Å². The molecule has 7 rings (SSSR count). The molecule has 0 N–H and O–H groups in total. The zero-order valence-corrected chi connectivity index (χ0v) is 17.5. The second-order valence-corrected chi connectivity index (χ2v) is 7.99. The Morgan fingerprint density at radius 1 is 0.727 bits per heavy atom. The molecule has 0 atom stereocenters. The zero-order chi connectivity index (χ0) is 21.8. The fraction of sp³-hybridized carbons (Fsp3) is 0. The Morgan fingerprint density at radius 3 is 2.58 bits per heavy atom. The molecule has 0 amide bonds. The van der Waals surface area contributed by atoms with Gasteiger partial charge in [-0.15, -0.1) is 0 Å². The lowest BCUT2D eigenvalue weighted by molar-refractivity contribution is 0.483. The number of hydrogen-bond donors (Lipinski definition) is 0. The summed E-state index contributed by atoms with van der Waals surface area (Å²) in [4.78, 5) is 4.83. The number of furan rings is 1. The molecule has 3 heterocycles. The average molecular weight is 427 g/mol. The number of benzene rings is 4. The van der Waals surface area contributed by atoms with Gasteiger partial charge in [-0.2, -0.15) is 5.10 Å². The van der Waals surface area contributed by atoms with Gasteiger partial charge in [0.05, 0.1) is 11.2 Å². The first-order valence-electron chi connectivity index (χ1n) is 10.7. The van der Waals surface area contributed by atoms with Crippen molar-refractivity contribution in [2.45, 2.75) is 0 Å². The summed E-state index contributed by atoms with van der Waals surface area (Å²) < 4.78 is 14.2. The zero-order valence-electron chi connectivity index (χ0n) is 17.5. The summed E-state index contributed by atoms with van der Waals surface area (Å²) in [6.07, 6.45) is 5.57. The van der Waals surface area contributed by atoms with Crippen molar-refractivity contribution in [2.24, 2.45) is 0 Å². The Balaban J connectivity index is 1.36. The van der Waals surface area contributed by atoms with Crippen LogP contribution in [0.25, 0.3) is 49.3 Å². The van der Waals surface area contributed by atoms with Crippen LogP contribution in [0.3, 0.4) is 0 Å². The van der Waals surface area contributed by atoms with E-state index in [9.17, 15) is 0 Å². The normalized spacial score (nSPS) is 11.6. The van der Waals surface area contributed by atoms with Gasteiger partial charge in [0.1, 0.15) is 22.7 Å². The van der Waals surface area contributed by atoms with E-state index in [-0.39, 0.29) is 0 Å². The summed E-state index contributed by atoms with van der Waals surface area (Å²) in [5, 5.41) is 9.52. The fourth-order valence-corrected chi connectivity index (χ4v) is 4.44. The minimum Gasteiger partial charge on any atom is -0.457 e. The first-order valence-corrected chi connectivity index (χ1v) is 10.7. The molecule has 156 valence electrons. The maximum Gasteiger partial charge on any atom is 0.146 e. The van der Waals surface area contributed by atoms with E-state index in [1.54, 1.807) is 6.20 Å². The Hall–Kier alpha value is -4.64. The Morgan fingerprint density at radius 2 is 1.64 bits per heavy atom. The van der Waals surface area contributed by atoms with Gasteiger partial charge in [0.2, 0.25) is 0 Å². The number of fused-ring (bicyclic) bond motifs is 7. The van der Waals surface area contributed by atoms with E-state index in [2.05, 4.69) is 29.4 Å². The topological polar surface area (TPSA) is 53.1 Å². The fourth-order valence-electron chi connectivity index (χ4n) is 4.44. The van der Waals surface area contributed by atoms with E-state index < -0.39 is 0 Å². The third-order valence-corrected chi connectivity index (χ3v) is 5.99. The van der Waals surface area contributed by atoms with Gasteiger partial charge in [0.15, 0.2) is 0 Å². The summed E-state index contributed by atoms with van der Waals surface area (Å²) in [7, 11) is 0. The van der Waals surface area contributed by atoms with E-state index in [1.807, 2.05) is 77.7 Å². The number of nitrogens with zero attached hydrogens (tertiary/aromatic N) is 3. The lowest BCUT2D eigenvalue weighted by atomic mass is 10.0. The molecule has 0 spiro atoms. The molecular weight excluding hydrogens is 410 g/mol. The SMILES string of the molecule is c1cc(Oc2ccc3ccc4c(ncc5c6ccccc6oc54)c3c2)cc(-n2cccn2)c1. The van der Waals surface area contributed by atoms with Crippen LogP contribution >= 0.6 is 0 Å². The summed E-state index contributed by atoms with van der Waals surface area (Å²) in [5.74, 6) is 1.49. The first kappa shape index (κ1) is 18.0. The highest BCUT2D eigenvalue weighted by Crippen LogP contribution is 2.36. The van der Waals surface area contributed by atoms with Crippen molar-refractivity contribution in [3.63, 3.8) is 0 Å². The van der Waals surface area contributed by atoms with Crippen molar-refractivity contribution >= 4 is 43.6 Å². The second kappa shape index (κ2) is 6.93. The molecule has 0 aliphatic carbocycles. The maximum atomic E-state index is 6.22. The standard InChI is InChI=1S/C28H17N3O2/c1-2-8-26-22(7-1)25-17-29-27-23(28(25)33-26)12-10-18-9-11-21(16-24(18)27)32-20-6-3-5-19(15-20)31-14-4-13-30-31/h1-17H. The summed E-state index contributed by atoms with van der Waals surface area (Å²) in [6, 6.07) is 28.1. The highest BCUT2D eigenvalue weighted by atomic mass is 16.5. The van der Waals surface area contributed by atoms with Gasteiger partial charge >= 0.3 is 0 Å².